The predicted molar refractivity (Wildman–Crippen MR) is 78.3 cm³/mol. The van der Waals surface area contributed by atoms with Gasteiger partial charge >= 0.3 is 0 Å². The van der Waals surface area contributed by atoms with Crippen LogP contribution < -0.4 is 5.73 Å². The van der Waals surface area contributed by atoms with Gasteiger partial charge in [0.1, 0.15) is 5.82 Å². The summed E-state index contributed by atoms with van der Waals surface area (Å²) in [7, 11) is 0. The lowest BCUT2D eigenvalue weighted by atomic mass is 9.92. The van der Waals surface area contributed by atoms with Crippen molar-refractivity contribution in [1.29, 1.82) is 0 Å². The van der Waals surface area contributed by atoms with Crippen LogP contribution in [0.1, 0.15) is 26.5 Å². The molecule has 0 unspecified atom stereocenters. The molecule has 0 spiro atoms. The van der Waals surface area contributed by atoms with Crippen molar-refractivity contribution in [3.8, 4) is 11.4 Å². The quantitative estimate of drug-likeness (QED) is 0.872. The first kappa shape index (κ1) is 13.0. The van der Waals surface area contributed by atoms with E-state index in [4.69, 9.17) is 5.73 Å². The molecule has 18 heavy (non-hydrogen) atoms. The van der Waals surface area contributed by atoms with E-state index in [0.717, 1.165) is 15.7 Å². The highest BCUT2D eigenvalue weighted by molar-refractivity contribution is 9.10. The zero-order valence-corrected chi connectivity index (χ0v) is 12.3. The summed E-state index contributed by atoms with van der Waals surface area (Å²) in [5, 5.41) is 0. The van der Waals surface area contributed by atoms with E-state index >= 15 is 0 Å². The van der Waals surface area contributed by atoms with Crippen LogP contribution in [0.25, 0.3) is 11.4 Å². The monoisotopic (exact) mass is 305 g/mol. The second kappa shape index (κ2) is 4.69. The summed E-state index contributed by atoms with van der Waals surface area (Å²) in [6, 6.07) is 9.73. The zero-order chi connectivity index (χ0) is 13.3. The fourth-order valence-electron chi connectivity index (χ4n) is 1.58. The minimum atomic E-state index is -0.0405. The molecule has 0 atom stereocenters. The van der Waals surface area contributed by atoms with Crippen LogP contribution in [-0.4, -0.2) is 9.97 Å². The molecule has 0 bridgehead atoms. The van der Waals surface area contributed by atoms with Gasteiger partial charge in [-0.2, -0.15) is 0 Å². The number of hydrogen-bond donors (Lipinski definition) is 1. The van der Waals surface area contributed by atoms with Crippen molar-refractivity contribution < 1.29 is 0 Å². The van der Waals surface area contributed by atoms with E-state index in [0.29, 0.717) is 11.6 Å². The highest BCUT2D eigenvalue weighted by Crippen LogP contribution is 2.25. The smallest absolute Gasteiger partial charge is 0.161 e. The number of nitrogen functional groups attached to an aromatic ring is 1. The van der Waals surface area contributed by atoms with Crippen LogP contribution in [0.15, 0.2) is 34.8 Å². The summed E-state index contributed by atoms with van der Waals surface area (Å²) in [6.45, 7) is 6.33. The highest BCUT2D eigenvalue weighted by atomic mass is 79.9. The van der Waals surface area contributed by atoms with Crippen molar-refractivity contribution >= 4 is 21.7 Å². The Morgan fingerprint density at radius 3 is 2.22 bits per heavy atom. The van der Waals surface area contributed by atoms with Crippen molar-refractivity contribution in [2.24, 2.45) is 0 Å². The lowest BCUT2D eigenvalue weighted by Crippen LogP contribution is -2.15. The Labute approximate surface area is 116 Å². The number of aromatic nitrogens is 2. The number of anilines is 1. The lowest BCUT2D eigenvalue weighted by molar-refractivity contribution is 0.568. The van der Waals surface area contributed by atoms with E-state index in [9.17, 15) is 0 Å². The summed E-state index contributed by atoms with van der Waals surface area (Å²) < 4.78 is 1.03. The molecule has 3 nitrogen and oxygen atoms in total. The first-order chi connectivity index (χ1) is 8.36. The fraction of sp³-hybridized carbons (Fsp3) is 0.286. The molecule has 0 saturated carbocycles. The van der Waals surface area contributed by atoms with Gasteiger partial charge in [0.15, 0.2) is 5.82 Å². The summed E-state index contributed by atoms with van der Waals surface area (Å²) in [5.74, 6) is 1.18. The lowest BCUT2D eigenvalue weighted by Gasteiger charge is -2.18. The minimum Gasteiger partial charge on any atom is -0.384 e. The van der Waals surface area contributed by atoms with Crippen molar-refractivity contribution in [1.82, 2.24) is 9.97 Å². The molecule has 0 fully saturated rings. The Morgan fingerprint density at radius 1 is 1.06 bits per heavy atom. The number of hydrogen-bond acceptors (Lipinski definition) is 3. The molecule has 1 heterocycles. The molecule has 1 aromatic carbocycles. The largest absolute Gasteiger partial charge is 0.384 e. The maximum Gasteiger partial charge on any atom is 0.161 e. The van der Waals surface area contributed by atoms with E-state index in [1.54, 1.807) is 0 Å². The van der Waals surface area contributed by atoms with Crippen molar-refractivity contribution in [2.75, 3.05) is 5.73 Å². The summed E-state index contributed by atoms with van der Waals surface area (Å²) in [6.07, 6.45) is 0. The molecule has 0 saturated heterocycles. The SMILES string of the molecule is CC(C)(C)c1cc(N)nc(-c2ccc(Br)cc2)n1. The number of rotatable bonds is 1. The van der Waals surface area contributed by atoms with Crippen molar-refractivity contribution in [2.45, 2.75) is 26.2 Å². The van der Waals surface area contributed by atoms with Crippen LogP contribution in [0.3, 0.4) is 0 Å². The van der Waals surface area contributed by atoms with Crippen LogP contribution in [-0.2, 0) is 5.41 Å². The molecule has 94 valence electrons. The van der Waals surface area contributed by atoms with Gasteiger partial charge in [-0.1, -0.05) is 48.8 Å². The molecule has 2 rings (SSSR count). The van der Waals surface area contributed by atoms with Gasteiger partial charge in [-0.25, -0.2) is 9.97 Å². The standard InChI is InChI=1S/C14H16BrN3/c1-14(2,3)11-8-12(16)18-13(17-11)9-4-6-10(15)7-5-9/h4-8H,1-3H3,(H2,16,17,18). The first-order valence-corrected chi connectivity index (χ1v) is 6.56. The van der Waals surface area contributed by atoms with Gasteiger partial charge in [0.05, 0.1) is 5.69 Å². The van der Waals surface area contributed by atoms with E-state index in [1.807, 2.05) is 30.3 Å². The predicted octanol–water partition coefficient (Wildman–Crippen LogP) is 3.79. The second-order valence-electron chi connectivity index (χ2n) is 5.26. The molecule has 0 aliphatic rings. The number of nitrogens with two attached hydrogens (primary N) is 1. The molecule has 0 aliphatic heterocycles. The van der Waals surface area contributed by atoms with E-state index < -0.39 is 0 Å². The Morgan fingerprint density at radius 2 is 1.67 bits per heavy atom. The molecular formula is C14H16BrN3. The molecule has 2 aromatic rings. The Hall–Kier alpha value is -1.42. The van der Waals surface area contributed by atoms with Crippen molar-refractivity contribution in [3.63, 3.8) is 0 Å². The van der Waals surface area contributed by atoms with Gasteiger partial charge in [0.25, 0.3) is 0 Å². The third kappa shape index (κ3) is 2.88. The van der Waals surface area contributed by atoms with Crippen LogP contribution in [0.4, 0.5) is 5.82 Å². The second-order valence-corrected chi connectivity index (χ2v) is 6.17. The van der Waals surface area contributed by atoms with Gasteiger partial charge in [-0.05, 0) is 12.1 Å². The molecule has 0 radical (unpaired) electrons. The molecular weight excluding hydrogens is 290 g/mol. The zero-order valence-electron chi connectivity index (χ0n) is 10.7. The van der Waals surface area contributed by atoms with Gasteiger partial charge in [-0.15, -0.1) is 0 Å². The molecule has 2 N–H and O–H groups in total. The fourth-order valence-corrected chi connectivity index (χ4v) is 1.84. The summed E-state index contributed by atoms with van der Waals surface area (Å²) >= 11 is 3.41. The number of nitrogens with zero attached hydrogens (tertiary/aromatic N) is 2. The summed E-state index contributed by atoms with van der Waals surface area (Å²) in [4.78, 5) is 8.90. The Balaban J connectivity index is 2.52. The van der Waals surface area contributed by atoms with Gasteiger partial charge in [0, 0.05) is 21.5 Å². The molecule has 4 heteroatoms. The average molecular weight is 306 g/mol. The van der Waals surface area contributed by atoms with Crippen LogP contribution in [0.2, 0.25) is 0 Å². The maximum atomic E-state index is 5.86. The Bertz CT molecular complexity index is 556. The average Bonchev–Trinajstić information content (AvgIpc) is 2.28. The topological polar surface area (TPSA) is 51.8 Å². The van der Waals surface area contributed by atoms with E-state index in [2.05, 4.69) is 46.7 Å². The summed E-state index contributed by atoms with van der Waals surface area (Å²) in [5.41, 5.74) is 7.74. The maximum absolute atomic E-state index is 5.86. The third-order valence-corrected chi connectivity index (χ3v) is 3.15. The number of benzene rings is 1. The molecule has 0 amide bonds. The van der Waals surface area contributed by atoms with Gasteiger partial charge < -0.3 is 5.73 Å². The molecule has 1 aromatic heterocycles. The van der Waals surface area contributed by atoms with Gasteiger partial charge in [-0.3, -0.25) is 0 Å². The van der Waals surface area contributed by atoms with Crippen molar-refractivity contribution in [3.05, 3.63) is 40.5 Å². The van der Waals surface area contributed by atoms with Crippen LogP contribution in [0, 0.1) is 0 Å². The number of halogens is 1. The molecule has 0 aliphatic carbocycles. The first-order valence-electron chi connectivity index (χ1n) is 5.77. The van der Waals surface area contributed by atoms with Gasteiger partial charge in [0.2, 0.25) is 0 Å². The minimum absolute atomic E-state index is 0.0405. The Kier molecular flexibility index (Phi) is 3.39. The van der Waals surface area contributed by atoms with E-state index in [1.165, 1.54) is 0 Å². The van der Waals surface area contributed by atoms with E-state index in [-0.39, 0.29) is 5.41 Å². The van der Waals surface area contributed by atoms with Crippen LogP contribution >= 0.6 is 15.9 Å². The highest BCUT2D eigenvalue weighted by Gasteiger charge is 2.17. The third-order valence-electron chi connectivity index (χ3n) is 2.62. The normalized spacial score (nSPS) is 11.6. The van der Waals surface area contributed by atoms with Crippen LogP contribution in [0.5, 0.6) is 0 Å².